The van der Waals surface area contributed by atoms with Crippen LogP contribution >= 0.6 is 0 Å². The summed E-state index contributed by atoms with van der Waals surface area (Å²) in [5.41, 5.74) is 0. The summed E-state index contributed by atoms with van der Waals surface area (Å²) in [6, 6.07) is 12.2. The summed E-state index contributed by atoms with van der Waals surface area (Å²) < 4.78 is 31.7. The van der Waals surface area contributed by atoms with Crippen LogP contribution in [0.4, 0.5) is 0 Å². The van der Waals surface area contributed by atoms with Gasteiger partial charge in [0.15, 0.2) is 0 Å². The van der Waals surface area contributed by atoms with Gasteiger partial charge in [-0.2, -0.15) is 0 Å². The lowest BCUT2D eigenvalue weighted by Crippen LogP contribution is -2.28. The van der Waals surface area contributed by atoms with E-state index in [2.05, 4.69) is 4.72 Å². The van der Waals surface area contributed by atoms with Crippen molar-refractivity contribution in [3.05, 3.63) is 42.5 Å². The van der Waals surface area contributed by atoms with Crippen molar-refractivity contribution in [2.24, 2.45) is 0 Å². The largest absolute Gasteiger partial charge is 0.480 e. The third kappa shape index (κ3) is 4.01. The average Bonchev–Trinajstić information content (AvgIpc) is 2.46. The van der Waals surface area contributed by atoms with Gasteiger partial charge in [0.2, 0.25) is 10.0 Å². The van der Waals surface area contributed by atoms with Crippen molar-refractivity contribution < 1.29 is 23.1 Å². The molecule has 2 aromatic rings. The van der Waals surface area contributed by atoms with Crippen molar-refractivity contribution in [3.8, 4) is 0 Å². The van der Waals surface area contributed by atoms with Crippen LogP contribution in [0.1, 0.15) is 0 Å². The van der Waals surface area contributed by atoms with Gasteiger partial charge in [0.25, 0.3) is 0 Å². The van der Waals surface area contributed by atoms with Gasteiger partial charge in [-0.3, -0.25) is 0 Å². The van der Waals surface area contributed by atoms with Gasteiger partial charge in [0, 0.05) is 11.9 Å². The Balaban J connectivity index is 2.10. The van der Waals surface area contributed by atoms with Crippen LogP contribution in [0.2, 0.25) is 0 Å². The first kappa shape index (κ1) is 15.4. The molecule has 112 valence electrons. The minimum absolute atomic E-state index is 0.00367. The molecule has 0 saturated heterocycles. The van der Waals surface area contributed by atoms with E-state index in [-0.39, 0.29) is 18.0 Å². The number of benzene rings is 2. The summed E-state index contributed by atoms with van der Waals surface area (Å²) in [5, 5.41) is 9.88. The zero-order chi connectivity index (χ0) is 15.3. The first-order chi connectivity index (χ1) is 10.0. The number of nitrogens with one attached hydrogen (secondary N) is 1. The van der Waals surface area contributed by atoms with Gasteiger partial charge < -0.3 is 9.84 Å². The third-order valence-electron chi connectivity index (χ3n) is 2.80. The Kier molecular flexibility index (Phi) is 4.89. The zero-order valence-electron chi connectivity index (χ0n) is 11.2. The standard InChI is InChI=1S/C14H15NO5S/c16-14(17)10-20-9-8-15-21(18,19)13-7-3-5-11-4-1-2-6-12(11)13/h1-7,15H,8-10H2,(H,16,17). The maximum atomic E-state index is 12.3. The molecule has 0 fully saturated rings. The van der Waals surface area contributed by atoms with Gasteiger partial charge in [0.1, 0.15) is 6.61 Å². The molecule has 0 atom stereocenters. The Bertz CT molecular complexity index is 737. The Morgan fingerprint density at radius 3 is 2.62 bits per heavy atom. The minimum atomic E-state index is -3.67. The second-order valence-corrected chi connectivity index (χ2v) is 6.06. The van der Waals surface area contributed by atoms with E-state index in [9.17, 15) is 13.2 Å². The fraction of sp³-hybridized carbons (Fsp3) is 0.214. The molecule has 0 bridgehead atoms. The molecule has 0 unspecified atom stereocenters. The molecule has 0 aliphatic rings. The highest BCUT2D eigenvalue weighted by Gasteiger charge is 2.16. The summed E-state index contributed by atoms with van der Waals surface area (Å²) in [6.07, 6.45) is 0. The highest BCUT2D eigenvalue weighted by atomic mass is 32.2. The van der Waals surface area contributed by atoms with Crippen LogP contribution < -0.4 is 4.72 Å². The van der Waals surface area contributed by atoms with Crippen molar-refractivity contribution in [3.63, 3.8) is 0 Å². The lowest BCUT2D eigenvalue weighted by atomic mass is 10.1. The highest BCUT2D eigenvalue weighted by molar-refractivity contribution is 7.89. The molecule has 2 rings (SSSR count). The molecule has 0 heterocycles. The smallest absolute Gasteiger partial charge is 0.329 e. The third-order valence-corrected chi connectivity index (χ3v) is 4.32. The normalized spacial score (nSPS) is 11.6. The van der Waals surface area contributed by atoms with E-state index < -0.39 is 22.6 Å². The molecular formula is C14H15NO5S. The molecule has 0 radical (unpaired) electrons. The molecule has 0 aliphatic heterocycles. The lowest BCUT2D eigenvalue weighted by Gasteiger charge is -2.09. The quantitative estimate of drug-likeness (QED) is 0.750. The van der Waals surface area contributed by atoms with Crippen molar-refractivity contribution in [2.45, 2.75) is 4.90 Å². The first-order valence-corrected chi connectivity index (χ1v) is 7.76. The van der Waals surface area contributed by atoms with E-state index in [1.165, 1.54) is 6.07 Å². The van der Waals surface area contributed by atoms with Gasteiger partial charge in [-0.1, -0.05) is 36.4 Å². The van der Waals surface area contributed by atoms with Gasteiger partial charge in [-0.15, -0.1) is 0 Å². The Hall–Kier alpha value is -1.96. The Labute approximate surface area is 122 Å². The van der Waals surface area contributed by atoms with Crippen molar-refractivity contribution in [1.82, 2.24) is 4.72 Å². The van der Waals surface area contributed by atoms with Crippen LogP contribution in [0.5, 0.6) is 0 Å². The number of ether oxygens (including phenoxy) is 1. The Morgan fingerprint density at radius 2 is 1.86 bits per heavy atom. The number of fused-ring (bicyclic) bond motifs is 1. The fourth-order valence-corrected chi connectivity index (χ4v) is 3.16. The van der Waals surface area contributed by atoms with E-state index in [1.807, 2.05) is 18.2 Å². The number of carboxylic acids is 1. The first-order valence-electron chi connectivity index (χ1n) is 6.28. The average molecular weight is 309 g/mol. The molecule has 0 amide bonds. The van der Waals surface area contributed by atoms with Crippen LogP contribution in [0.15, 0.2) is 47.4 Å². The van der Waals surface area contributed by atoms with Crippen molar-refractivity contribution in [2.75, 3.05) is 19.8 Å². The summed E-state index contributed by atoms with van der Waals surface area (Å²) in [6.45, 7) is -0.439. The number of aliphatic carboxylic acids is 1. The predicted octanol–water partition coefficient (Wildman–Crippen LogP) is 1.22. The molecule has 0 saturated carbocycles. The van der Waals surface area contributed by atoms with E-state index >= 15 is 0 Å². The number of rotatable bonds is 7. The molecule has 2 N–H and O–H groups in total. The number of hydrogen-bond donors (Lipinski definition) is 2. The van der Waals surface area contributed by atoms with Crippen molar-refractivity contribution in [1.29, 1.82) is 0 Å². The molecule has 2 aromatic carbocycles. The monoisotopic (exact) mass is 309 g/mol. The summed E-state index contributed by atoms with van der Waals surface area (Å²) in [7, 11) is -3.67. The van der Waals surface area contributed by atoms with Crippen LogP contribution in [0.3, 0.4) is 0 Å². The Morgan fingerprint density at radius 1 is 1.14 bits per heavy atom. The van der Waals surface area contributed by atoms with Crippen LogP contribution in [0.25, 0.3) is 10.8 Å². The number of carboxylic acid groups (broad SMARTS) is 1. The van der Waals surface area contributed by atoms with Gasteiger partial charge in [0.05, 0.1) is 11.5 Å². The summed E-state index contributed by atoms with van der Waals surface area (Å²) in [4.78, 5) is 10.5. The number of carbonyl (C=O) groups is 1. The molecule has 21 heavy (non-hydrogen) atoms. The SMILES string of the molecule is O=C(O)COCCNS(=O)(=O)c1cccc2ccccc12. The molecule has 6 nitrogen and oxygen atoms in total. The highest BCUT2D eigenvalue weighted by Crippen LogP contribution is 2.22. The minimum Gasteiger partial charge on any atom is -0.480 e. The van der Waals surface area contributed by atoms with Gasteiger partial charge in [-0.25, -0.2) is 17.9 Å². The zero-order valence-corrected chi connectivity index (χ0v) is 12.0. The maximum Gasteiger partial charge on any atom is 0.329 e. The fourth-order valence-electron chi connectivity index (χ4n) is 1.92. The number of sulfonamides is 1. The van der Waals surface area contributed by atoms with E-state index in [0.717, 1.165) is 5.39 Å². The molecular weight excluding hydrogens is 294 g/mol. The summed E-state index contributed by atoms with van der Waals surface area (Å²) in [5.74, 6) is -1.09. The lowest BCUT2D eigenvalue weighted by molar-refractivity contribution is -0.142. The molecule has 0 aromatic heterocycles. The topological polar surface area (TPSA) is 92.7 Å². The summed E-state index contributed by atoms with van der Waals surface area (Å²) >= 11 is 0. The van der Waals surface area contributed by atoms with Crippen molar-refractivity contribution >= 4 is 26.8 Å². The molecule has 7 heteroatoms. The van der Waals surface area contributed by atoms with Crippen LogP contribution in [0, 0.1) is 0 Å². The van der Waals surface area contributed by atoms with E-state index in [1.54, 1.807) is 18.2 Å². The van der Waals surface area contributed by atoms with E-state index in [0.29, 0.717) is 5.39 Å². The second kappa shape index (κ2) is 6.66. The molecule has 0 spiro atoms. The van der Waals surface area contributed by atoms with Crippen LogP contribution in [-0.2, 0) is 19.6 Å². The van der Waals surface area contributed by atoms with Crippen LogP contribution in [-0.4, -0.2) is 39.3 Å². The van der Waals surface area contributed by atoms with Gasteiger partial charge in [-0.05, 0) is 11.5 Å². The molecule has 0 aliphatic carbocycles. The maximum absolute atomic E-state index is 12.3. The predicted molar refractivity (Wildman–Crippen MR) is 77.6 cm³/mol. The second-order valence-electron chi connectivity index (χ2n) is 4.32. The van der Waals surface area contributed by atoms with Gasteiger partial charge >= 0.3 is 5.97 Å². The van der Waals surface area contributed by atoms with E-state index in [4.69, 9.17) is 9.84 Å². The number of hydrogen-bond acceptors (Lipinski definition) is 4.